The van der Waals surface area contributed by atoms with Gasteiger partial charge in [0.15, 0.2) is 0 Å². The van der Waals surface area contributed by atoms with Crippen molar-refractivity contribution in [1.29, 1.82) is 0 Å². The van der Waals surface area contributed by atoms with Gasteiger partial charge in [0.25, 0.3) is 0 Å². The summed E-state index contributed by atoms with van der Waals surface area (Å²) < 4.78 is 5.35. The molecular weight excluding hydrogens is 306 g/mol. The van der Waals surface area contributed by atoms with Crippen molar-refractivity contribution < 1.29 is 4.74 Å². The Morgan fingerprint density at radius 1 is 1.17 bits per heavy atom. The zero-order valence-electron chi connectivity index (χ0n) is 13.6. The van der Waals surface area contributed by atoms with Crippen molar-refractivity contribution in [3.05, 3.63) is 46.5 Å². The number of nitrogens with zero attached hydrogens (tertiary/aromatic N) is 1. The molecule has 1 aliphatic carbocycles. The molecule has 3 rings (SSSR count). The van der Waals surface area contributed by atoms with Crippen LogP contribution in [0, 0.1) is 11.8 Å². The third-order valence-electron chi connectivity index (χ3n) is 4.33. The predicted molar refractivity (Wildman–Crippen MR) is 96.5 cm³/mol. The van der Waals surface area contributed by atoms with Crippen LogP contribution in [0.3, 0.4) is 0 Å². The first-order chi connectivity index (χ1) is 11.3. The number of hydrogen-bond acceptors (Lipinski definition) is 2. The van der Waals surface area contributed by atoms with Gasteiger partial charge in [0.2, 0.25) is 0 Å². The van der Waals surface area contributed by atoms with Crippen molar-refractivity contribution in [1.82, 2.24) is 4.90 Å². The van der Waals surface area contributed by atoms with Crippen LogP contribution in [0.2, 0.25) is 0 Å². The fraction of sp³-hybridized carbons (Fsp3) is 0.400. The minimum absolute atomic E-state index is 0.613. The molecule has 1 saturated heterocycles. The van der Waals surface area contributed by atoms with Crippen LogP contribution in [0.4, 0.5) is 0 Å². The molecule has 2 aliphatic rings. The number of likely N-dealkylation sites (tertiary alicyclic amines) is 1. The second-order valence-electron chi connectivity index (χ2n) is 6.04. The van der Waals surface area contributed by atoms with E-state index >= 15 is 0 Å². The maximum Gasteiger partial charge on any atom is 0.119 e. The highest BCUT2D eigenvalue weighted by atomic mass is 35.5. The van der Waals surface area contributed by atoms with Crippen molar-refractivity contribution in [3.63, 3.8) is 0 Å². The molecule has 0 amide bonds. The fourth-order valence-electron chi connectivity index (χ4n) is 3.10. The second-order valence-corrected chi connectivity index (χ2v) is 6.50. The molecule has 1 aliphatic heterocycles. The Bertz CT molecular complexity index is 687. The van der Waals surface area contributed by atoms with Crippen LogP contribution in [0.25, 0.3) is 5.57 Å². The molecule has 0 radical (unpaired) electrons. The number of benzene rings is 1. The minimum atomic E-state index is 0.613. The Kier molecular flexibility index (Phi) is 5.43. The summed E-state index contributed by atoms with van der Waals surface area (Å²) in [5.41, 5.74) is 3.51. The average Bonchev–Trinajstić information content (AvgIpc) is 3.07. The van der Waals surface area contributed by atoms with Crippen LogP contribution in [0.15, 0.2) is 40.9 Å². The number of rotatable bonds is 4. The topological polar surface area (TPSA) is 12.5 Å². The van der Waals surface area contributed by atoms with Crippen molar-refractivity contribution in [2.75, 3.05) is 26.7 Å². The molecular formula is C20H22ClNO. The molecule has 1 aromatic rings. The lowest BCUT2D eigenvalue weighted by Crippen LogP contribution is -2.22. The summed E-state index contributed by atoms with van der Waals surface area (Å²) >= 11 is 6.55. The Balaban J connectivity index is 1.93. The van der Waals surface area contributed by atoms with Crippen molar-refractivity contribution in [2.24, 2.45) is 0 Å². The summed E-state index contributed by atoms with van der Waals surface area (Å²) in [6.45, 7) is 3.37. The normalized spacial score (nSPS) is 24.2. The minimum Gasteiger partial charge on any atom is -0.497 e. The number of ether oxygens (including phenoxy) is 1. The maximum atomic E-state index is 6.55. The maximum absolute atomic E-state index is 6.55. The number of hydrogen-bond donors (Lipinski definition) is 0. The lowest BCUT2D eigenvalue weighted by molar-refractivity contribution is 0.367. The smallest absolute Gasteiger partial charge is 0.119 e. The molecule has 0 aromatic heterocycles. The van der Waals surface area contributed by atoms with Crippen LogP contribution in [0.1, 0.15) is 31.2 Å². The van der Waals surface area contributed by atoms with Crippen LogP contribution in [0.5, 0.6) is 5.75 Å². The van der Waals surface area contributed by atoms with E-state index in [1.807, 2.05) is 18.2 Å². The Hall–Kier alpha value is -1.69. The van der Waals surface area contributed by atoms with E-state index in [1.54, 1.807) is 7.11 Å². The summed E-state index contributed by atoms with van der Waals surface area (Å²) in [4.78, 5) is 2.51. The highest BCUT2D eigenvalue weighted by Crippen LogP contribution is 2.30. The summed E-state index contributed by atoms with van der Waals surface area (Å²) in [6.07, 6.45) is 6.29. The largest absolute Gasteiger partial charge is 0.497 e. The van der Waals surface area contributed by atoms with E-state index in [1.165, 1.54) is 31.5 Å². The van der Waals surface area contributed by atoms with E-state index in [0.29, 0.717) is 6.42 Å². The SMILES string of the molecule is COc1cccc(C2=C(\Cl)CC#CC/C(CN3CCCC3)=C\2)c1. The molecule has 1 heterocycles. The Labute approximate surface area is 143 Å². The van der Waals surface area contributed by atoms with Gasteiger partial charge < -0.3 is 4.74 Å². The first-order valence-electron chi connectivity index (χ1n) is 8.17. The van der Waals surface area contributed by atoms with Gasteiger partial charge in [0.05, 0.1) is 7.11 Å². The molecule has 0 saturated carbocycles. The molecule has 120 valence electrons. The molecule has 1 fully saturated rings. The quantitative estimate of drug-likeness (QED) is 0.757. The van der Waals surface area contributed by atoms with Crippen LogP contribution in [-0.2, 0) is 0 Å². The molecule has 1 aromatic carbocycles. The molecule has 0 atom stereocenters. The summed E-state index contributed by atoms with van der Waals surface area (Å²) in [6, 6.07) is 8.08. The van der Waals surface area contributed by atoms with Gasteiger partial charge in [0, 0.05) is 24.4 Å². The molecule has 0 spiro atoms. The lowest BCUT2D eigenvalue weighted by Gasteiger charge is -2.18. The molecule has 0 bridgehead atoms. The third-order valence-corrected chi connectivity index (χ3v) is 4.67. The number of allylic oxidation sites excluding steroid dienone is 3. The highest BCUT2D eigenvalue weighted by Gasteiger charge is 2.15. The first kappa shape index (κ1) is 16.2. The van der Waals surface area contributed by atoms with E-state index in [2.05, 4.69) is 28.9 Å². The zero-order chi connectivity index (χ0) is 16.1. The molecule has 0 N–H and O–H groups in total. The predicted octanol–water partition coefficient (Wildman–Crippen LogP) is 4.46. The number of methoxy groups -OCH3 is 1. The zero-order valence-corrected chi connectivity index (χ0v) is 14.3. The van der Waals surface area contributed by atoms with Gasteiger partial charge in [-0.2, -0.15) is 0 Å². The molecule has 23 heavy (non-hydrogen) atoms. The number of halogens is 1. The van der Waals surface area contributed by atoms with Gasteiger partial charge in [-0.15, -0.1) is 0 Å². The Morgan fingerprint density at radius 2 is 1.96 bits per heavy atom. The fourth-order valence-corrected chi connectivity index (χ4v) is 3.34. The summed E-state index contributed by atoms with van der Waals surface area (Å²) in [7, 11) is 1.69. The average molecular weight is 328 g/mol. The summed E-state index contributed by atoms with van der Waals surface area (Å²) in [5, 5.41) is 0.810. The van der Waals surface area contributed by atoms with Crippen molar-refractivity contribution in [2.45, 2.75) is 25.7 Å². The molecule has 3 heteroatoms. The van der Waals surface area contributed by atoms with E-state index in [4.69, 9.17) is 16.3 Å². The first-order valence-corrected chi connectivity index (χ1v) is 8.54. The third kappa shape index (κ3) is 4.19. The van der Waals surface area contributed by atoms with E-state index in [-0.39, 0.29) is 0 Å². The van der Waals surface area contributed by atoms with E-state index < -0.39 is 0 Å². The van der Waals surface area contributed by atoms with Crippen LogP contribution < -0.4 is 4.74 Å². The van der Waals surface area contributed by atoms with Gasteiger partial charge in [-0.1, -0.05) is 41.7 Å². The molecule has 2 nitrogen and oxygen atoms in total. The lowest BCUT2D eigenvalue weighted by atomic mass is 9.98. The van der Waals surface area contributed by atoms with E-state index in [9.17, 15) is 0 Å². The molecule has 0 unspecified atom stereocenters. The van der Waals surface area contributed by atoms with Gasteiger partial charge in [-0.25, -0.2) is 0 Å². The van der Waals surface area contributed by atoms with Crippen molar-refractivity contribution in [3.8, 4) is 17.6 Å². The second kappa shape index (κ2) is 7.73. The monoisotopic (exact) mass is 327 g/mol. The van der Waals surface area contributed by atoms with E-state index in [0.717, 1.165) is 34.9 Å². The van der Waals surface area contributed by atoms with Crippen molar-refractivity contribution >= 4 is 17.2 Å². The van der Waals surface area contributed by atoms with Crippen LogP contribution in [-0.4, -0.2) is 31.6 Å². The standard InChI is InChI=1S/C20H22ClNO/c1-23-18-9-6-8-17(14-18)19-13-16(7-2-3-10-20(19)21)15-22-11-4-5-12-22/h6,8-9,13-14H,4-5,7,10-12,15H2,1H3/b16-13+,20-19-. The van der Waals surface area contributed by atoms with Gasteiger partial charge >= 0.3 is 0 Å². The van der Waals surface area contributed by atoms with Gasteiger partial charge in [-0.3, -0.25) is 4.90 Å². The van der Waals surface area contributed by atoms with Gasteiger partial charge in [-0.05, 0) is 54.8 Å². The van der Waals surface area contributed by atoms with Crippen LogP contribution >= 0.6 is 11.6 Å². The highest BCUT2D eigenvalue weighted by molar-refractivity contribution is 6.33. The summed E-state index contributed by atoms with van der Waals surface area (Å²) in [5.74, 6) is 7.29. The van der Waals surface area contributed by atoms with Gasteiger partial charge in [0.1, 0.15) is 5.75 Å². The Morgan fingerprint density at radius 3 is 2.74 bits per heavy atom.